The van der Waals surface area contributed by atoms with E-state index in [0.29, 0.717) is 37.8 Å². The lowest BCUT2D eigenvalue weighted by Crippen LogP contribution is -2.47. The molecule has 1 aliphatic heterocycles. The second-order valence-corrected chi connectivity index (χ2v) is 7.36. The summed E-state index contributed by atoms with van der Waals surface area (Å²) in [5.74, 6) is 0.382. The minimum Gasteiger partial charge on any atom is -0.480 e. The second-order valence-electron chi connectivity index (χ2n) is 7.36. The lowest BCUT2D eigenvalue weighted by atomic mass is 10.1. The van der Waals surface area contributed by atoms with E-state index in [9.17, 15) is 18.0 Å². The van der Waals surface area contributed by atoms with Crippen LogP contribution in [0.4, 0.5) is 24.8 Å². The van der Waals surface area contributed by atoms with E-state index in [1.54, 1.807) is 6.07 Å². The Kier molecular flexibility index (Phi) is 5.40. The molecule has 2 heterocycles. The smallest absolute Gasteiger partial charge is 0.416 e. The molecule has 1 aliphatic carbocycles. The zero-order valence-corrected chi connectivity index (χ0v) is 16.4. The highest BCUT2D eigenvalue weighted by Gasteiger charge is 2.31. The first-order valence-electron chi connectivity index (χ1n) is 9.74. The van der Waals surface area contributed by atoms with Crippen molar-refractivity contribution >= 4 is 17.5 Å². The fourth-order valence-electron chi connectivity index (χ4n) is 3.36. The van der Waals surface area contributed by atoms with Gasteiger partial charge in [-0.05, 0) is 31.0 Å². The van der Waals surface area contributed by atoms with E-state index in [-0.39, 0.29) is 23.4 Å². The van der Waals surface area contributed by atoms with Crippen molar-refractivity contribution in [3.05, 3.63) is 41.6 Å². The van der Waals surface area contributed by atoms with E-state index >= 15 is 0 Å². The topological polar surface area (TPSA) is 70.6 Å². The summed E-state index contributed by atoms with van der Waals surface area (Å²) in [5, 5.41) is 2.88. The summed E-state index contributed by atoms with van der Waals surface area (Å²) >= 11 is 0. The number of anilines is 2. The van der Waals surface area contributed by atoms with Gasteiger partial charge in [-0.15, -0.1) is 0 Å². The molecule has 30 heavy (non-hydrogen) atoms. The molecule has 4 rings (SSSR count). The number of nitrogens with zero attached hydrogens (tertiary/aromatic N) is 4. The van der Waals surface area contributed by atoms with E-state index in [1.165, 1.54) is 25.4 Å². The number of alkyl halides is 3. The van der Waals surface area contributed by atoms with Crippen LogP contribution in [-0.4, -0.2) is 55.2 Å². The third-order valence-electron chi connectivity index (χ3n) is 5.19. The molecule has 0 bridgehead atoms. The number of benzene rings is 1. The van der Waals surface area contributed by atoms with E-state index in [0.717, 1.165) is 18.9 Å². The molecule has 160 valence electrons. The average Bonchev–Trinajstić information content (AvgIpc) is 3.57. The molecule has 1 aromatic heterocycles. The molecular weight excluding hydrogens is 399 g/mol. The molecule has 1 saturated carbocycles. The fraction of sp³-hybridized carbons (Fsp3) is 0.450. The molecule has 10 heteroatoms. The maximum absolute atomic E-state index is 13.0. The Morgan fingerprint density at radius 1 is 1.17 bits per heavy atom. The Bertz CT molecular complexity index is 925. The van der Waals surface area contributed by atoms with Gasteiger partial charge >= 0.3 is 6.18 Å². The van der Waals surface area contributed by atoms with Crippen LogP contribution in [0.3, 0.4) is 0 Å². The average molecular weight is 421 g/mol. The second kappa shape index (κ2) is 8.00. The van der Waals surface area contributed by atoms with E-state index in [2.05, 4.69) is 15.3 Å². The lowest BCUT2D eigenvalue weighted by Gasteiger charge is -2.36. The number of rotatable bonds is 5. The largest absolute Gasteiger partial charge is 0.480 e. The highest BCUT2D eigenvalue weighted by molar-refractivity contribution is 5.96. The van der Waals surface area contributed by atoms with Crippen molar-refractivity contribution in [2.75, 3.05) is 43.1 Å². The van der Waals surface area contributed by atoms with Crippen molar-refractivity contribution in [1.29, 1.82) is 0 Å². The van der Waals surface area contributed by atoms with Gasteiger partial charge in [-0.3, -0.25) is 4.79 Å². The lowest BCUT2D eigenvalue weighted by molar-refractivity contribution is -0.137. The number of halogens is 3. The Morgan fingerprint density at radius 2 is 1.87 bits per heavy atom. The molecule has 0 spiro atoms. The molecule has 1 aromatic carbocycles. The summed E-state index contributed by atoms with van der Waals surface area (Å²) in [5.41, 5.74) is 0.168. The summed E-state index contributed by atoms with van der Waals surface area (Å²) in [7, 11) is 1.45. The van der Waals surface area contributed by atoms with E-state index in [1.807, 2.05) is 9.80 Å². The molecule has 0 atom stereocenters. The molecule has 1 saturated heterocycles. The zero-order valence-electron chi connectivity index (χ0n) is 16.4. The van der Waals surface area contributed by atoms with E-state index in [4.69, 9.17) is 4.74 Å². The number of ether oxygens (including phenoxy) is 1. The molecular formula is C20H22F3N5O2. The number of hydrogen-bond acceptors (Lipinski definition) is 6. The maximum atomic E-state index is 13.0. The molecule has 2 fully saturated rings. The van der Waals surface area contributed by atoms with Crippen LogP contribution < -0.4 is 19.9 Å². The van der Waals surface area contributed by atoms with Crippen LogP contribution in [0.2, 0.25) is 0 Å². The molecule has 1 N–H and O–H groups in total. The minimum absolute atomic E-state index is 0.207. The van der Waals surface area contributed by atoms with Crippen molar-refractivity contribution in [2.24, 2.45) is 0 Å². The van der Waals surface area contributed by atoms with Crippen LogP contribution in [0, 0.1) is 0 Å². The number of methoxy groups -OCH3 is 1. The van der Waals surface area contributed by atoms with Crippen molar-refractivity contribution in [2.45, 2.75) is 25.1 Å². The number of nitrogens with one attached hydrogen (secondary N) is 1. The van der Waals surface area contributed by atoms with Gasteiger partial charge < -0.3 is 19.9 Å². The molecule has 0 radical (unpaired) electrons. The van der Waals surface area contributed by atoms with Crippen molar-refractivity contribution in [3.63, 3.8) is 0 Å². The summed E-state index contributed by atoms with van der Waals surface area (Å²) in [6.07, 6.45) is -0.958. The Morgan fingerprint density at radius 3 is 2.50 bits per heavy atom. The fourth-order valence-corrected chi connectivity index (χ4v) is 3.36. The zero-order chi connectivity index (χ0) is 21.3. The highest BCUT2D eigenvalue weighted by Crippen LogP contribution is 2.32. The molecule has 1 amide bonds. The summed E-state index contributed by atoms with van der Waals surface area (Å²) in [6.45, 7) is 2.12. The van der Waals surface area contributed by atoms with Crippen molar-refractivity contribution in [3.8, 4) is 5.88 Å². The van der Waals surface area contributed by atoms with Crippen molar-refractivity contribution < 1.29 is 22.7 Å². The van der Waals surface area contributed by atoms with Crippen molar-refractivity contribution in [1.82, 2.24) is 15.3 Å². The quantitative estimate of drug-likeness (QED) is 0.801. The Balaban J connectivity index is 1.43. The minimum atomic E-state index is -4.37. The van der Waals surface area contributed by atoms with Crippen LogP contribution in [0.5, 0.6) is 5.88 Å². The van der Waals surface area contributed by atoms with Gasteiger partial charge in [0.05, 0.1) is 12.7 Å². The van der Waals surface area contributed by atoms with E-state index < -0.39 is 11.7 Å². The van der Waals surface area contributed by atoms with Gasteiger partial charge in [-0.1, -0.05) is 6.07 Å². The number of carbonyl (C=O) groups is 1. The van der Waals surface area contributed by atoms with Gasteiger partial charge in [0, 0.05) is 44.1 Å². The predicted molar refractivity (Wildman–Crippen MR) is 105 cm³/mol. The number of hydrogen-bond donors (Lipinski definition) is 1. The van der Waals surface area contributed by atoms with Crippen LogP contribution in [0.15, 0.2) is 30.5 Å². The molecule has 2 aromatic rings. The van der Waals surface area contributed by atoms with Gasteiger partial charge in [-0.25, -0.2) is 4.98 Å². The molecule has 2 aliphatic rings. The maximum Gasteiger partial charge on any atom is 0.416 e. The van der Waals surface area contributed by atoms with Gasteiger partial charge in [0.1, 0.15) is 5.56 Å². The predicted octanol–water partition coefficient (Wildman–Crippen LogP) is 2.72. The standard InChI is InChI=1S/C20H22F3N5O2/c1-30-18-16(17(29)25-14-5-6-14)12-24-19(26-18)28-9-7-27(8-10-28)15-4-2-3-13(11-15)20(21,22)23/h2-4,11-12,14H,5-10H2,1H3,(H,25,29). The first-order chi connectivity index (χ1) is 14.3. The summed E-state index contributed by atoms with van der Waals surface area (Å²) in [4.78, 5) is 24.8. The normalized spacial score (nSPS) is 17.1. The van der Waals surface area contributed by atoms with Gasteiger partial charge in [-0.2, -0.15) is 18.2 Å². The number of amides is 1. The molecule has 7 nitrogen and oxygen atoms in total. The SMILES string of the molecule is COc1nc(N2CCN(c3cccc(C(F)(F)F)c3)CC2)ncc1C(=O)NC1CC1. The van der Waals surface area contributed by atoms with Crippen LogP contribution in [0.25, 0.3) is 0 Å². The monoisotopic (exact) mass is 421 g/mol. The van der Waals surface area contributed by atoms with Crippen LogP contribution in [0.1, 0.15) is 28.8 Å². The Hall–Kier alpha value is -3.04. The first kappa shape index (κ1) is 20.2. The van der Waals surface area contributed by atoms with Crippen LogP contribution >= 0.6 is 0 Å². The highest BCUT2D eigenvalue weighted by atomic mass is 19.4. The van der Waals surface area contributed by atoms with Gasteiger partial charge in [0.2, 0.25) is 11.8 Å². The van der Waals surface area contributed by atoms with Gasteiger partial charge in [0.15, 0.2) is 0 Å². The first-order valence-corrected chi connectivity index (χ1v) is 9.74. The third kappa shape index (κ3) is 4.42. The third-order valence-corrected chi connectivity index (χ3v) is 5.19. The Labute approximate surface area is 171 Å². The molecule has 0 unspecified atom stereocenters. The number of carbonyl (C=O) groups excluding carboxylic acids is 1. The number of piperazine rings is 1. The van der Waals surface area contributed by atoms with Gasteiger partial charge in [0.25, 0.3) is 5.91 Å². The summed E-state index contributed by atoms with van der Waals surface area (Å²) < 4.78 is 44.2. The van der Waals surface area contributed by atoms with Crippen LogP contribution in [-0.2, 0) is 6.18 Å². The number of aromatic nitrogens is 2. The summed E-state index contributed by atoms with van der Waals surface area (Å²) in [6, 6.07) is 5.55.